The quantitative estimate of drug-likeness (QED) is 0.243. The number of hydrogen-bond acceptors (Lipinski definition) is 2. The summed E-state index contributed by atoms with van der Waals surface area (Å²) >= 11 is 2.49. The Morgan fingerprint density at radius 3 is 2.46 bits per heavy atom. The first kappa shape index (κ1) is 17.4. The smallest absolute Gasteiger partial charge is 0.140 e. The molecule has 0 amide bonds. The number of benzene rings is 3. The molecule has 0 aliphatic heterocycles. The van der Waals surface area contributed by atoms with Crippen LogP contribution in [-0.2, 0) is 6.54 Å². The van der Waals surface area contributed by atoms with Gasteiger partial charge >= 0.3 is 0 Å². The van der Waals surface area contributed by atoms with Crippen molar-refractivity contribution in [3.63, 3.8) is 0 Å². The van der Waals surface area contributed by atoms with Crippen LogP contribution in [0, 0.1) is 6.92 Å². The van der Waals surface area contributed by atoms with E-state index in [2.05, 4.69) is 103 Å². The maximum atomic E-state index is 6.31. The standard InChI is InChI=1S/C23H22INO/c1-15-8-4-6-10-21(15)25(3)14-20-17(16(2)24)12-13-19-18-9-5-7-11-22(18)26-23(19)20/h4-13,16H,14H2,1-3H3/t16-/m1/s1. The van der Waals surface area contributed by atoms with Crippen LogP contribution in [0.2, 0.25) is 0 Å². The second-order valence-corrected chi connectivity index (χ2v) is 8.74. The Labute approximate surface area is 167 Å². The third-order valence-corrected chi connectivity index (χ3v) is 5.71. The molecule has 3 aromatic carbocycles. The Hall–Kier alpha value is -2.01. The SMILES string of the molecule is Cc1ccccc1N(C)Cc1c([C@@H](C)I)ccc2c1oc1ccccc12. The summed E-state index contributed by atoms with van der Waals surface area (Å²) in [6.45, 7) is 5.22. The summed E-state index contributed by atoms with van der Waals surface area (Å²) < 4.78 is 6.73. The predicted molar refractivity (Wildman–Crippen MR) is 119 cm³/mol. The Bertz CT molecular complexity index is 1080. The molecule has 0 spiro atoms. The lowest BCUT2D eigenvalue weighted by atomic mass is 10.0. The second-order valence-electron chi connectivity index (χ2n) is 6.87. The zero-order valence-corrected chi connectivity index (χ0v) is 17.4. The topological polar surface area (TPSA) is 16.4 Å². The van der Waals surface area contributed by atoms with Crippen LogP contribution in [-0.4, -0.2) is 7.05 Å². The zero-order valence-electron chi connectivity index (χ0n) is 15.3. The summed E-state index contributed by atoms with van der Waals surface area (Å²) in [7, 11) is 2.16. The molecule has 0 saturated heterocycles. The maximum Gasteiger partial charge on any atom is 0.140 e. The highest BCUT2D eigenvalue weighted by Crippen LogP contribution is 2.37. The Morgan fingerprint density at radius 2 is 1.69 bits per heavy atom. The molecule has 1 heterocycles. The van der Waals surface area contributed by atoms with Gasteiger partial charge in [-0.25, -0.2) is 0 Å². The molecule has 2 nitrogen and oxygen atoms in total. The minimum Gasteiger partial charge on any atom is -0.456 e. The summed E-state index contributed by atoms with van der Waals surface area (Å²) in [6, 6.07) is 21.3. The van der Waals surface area contributed by atoms with Gasteiger partial charge in [0.15, 0.2) is 0 Å². The summed E-state index contributed by atoms with van der Waals surface area (Å²) in [4.78, 5) is 2.32. The van der Waals surface area contributed by atoms with Crippen LogP contribution >= 0.6 is 22.6 Å². The van der Waals surface area contributed by atoms with Gasteiger partial charge in [-0.05, 0) is 37.1 Å². The van der Waals surface area contributed by atoms with Crippen molar-refractivity contribution >= 4 is 50.2 Å². The minimum atomic E-state index is 0.422. The molecule has 26 heavy (non-hydrogen) atoms. The van der Waals surface area contributed by atoms with Crippen LogP contribution in [0.5, 0.6) is 0 Å². The van der Waals surface area contributed by atoms with Crippen LogP contribution in [0.15, 0.2) is 65.1 Å². The minimum absolute atomic E-state index is 0.422. The van der Waals surface area contributed by atoms with Crippen molar-refractivity contribution in [1.29, 1.82) is 0 Å². The van der Waals surface area contributed by atoms with Crippen molar-refractivity contribution in [2.24, 2.45) is 0 Å². The van der Waals surface area contributed by atoms with Crippen LogP contribution in [0.25, 0.3) is 21.9 Å². The average Bonchev–Trinajstić information content (AvgIpc) is 3.01. The normalized spacial score (nSPS) is 12.6. The van der Waals surface area contributed by atoms with E-state index in [0.717, 1.165) is 17.7 Å². The first-order valence-corrected chi connectivity index (χ1v) is 10.1. The molecule has 1 atom stereocenters. The van der Waals surface area contributed by atoms with E-state index < -0.39 is 0 Å². The van der Waals surface area contributed by atoms with Crippen molar-refractivity contribution in [1.82, 2.24) is 0 Å². The van der Waals surface area contributed by atoms with E-state index in [1.54, 1.807) is 0 Å². The molecule has 4 rings (SSSR count). The largest absolute Gasteiger partial charge is 0.456 e. The van der Waals surface area contributed by atoms with Crippen LogP contribution in [0.4, 0.5) is 5.69 Å². The predicted octanol–water partition coefficient (Wildman–Crippen LogP) is 7.03. The van der Waals surface area contributed by atoms with Crippen molar-refractivity contribution in [2.45, 2.75) is 24.3 Å². The maximum absolute atomic E-state index is 6.31. The number of furan rings is 1. The molecule has 0 radical (unpaired) electrons. The number of rotatable bonds is 4. The molecule has 0 N–H and O–H groups in total. The Morgan fingerprint density at radius 1 is 0.962 bits per heavy atom. The highest BCUT2D eigenvalue weighted by molar-refractivity contribution is 14.1. The highest BCUT2D eigenvalue weighted by Gasteiger charge is 2.18. The van der Waals surface area contributed by atoms with Gasteiger partial charge in [-0.3, -0.25) is 0 Å². The molecule has 1 aromatic heterocycles. The lowest BCUT2D eigenvalue weighted by Gasteiger charge is -2.23. The van der Waals surface area contributed by atoms with Gasteiger partial charge in [0.25, 0.3) is 0 Å². The van der Waals surface area contributed by atoms with Gasteiger partial charge < -0.3 is 9.32 Å². The molecule has 0 fully saturated rings. The van der Waals surface area contributed by atoms with Gasteiger partial charge in [-0.15, -0.1) is 0 Å². The van der Waals surface area contributed by atoms with E-state index >= 15 is 0 Å². The van der Waals surface area contributed by atoms with Crippen LogP contribution in [0.3, 0.4) is 0 Å². The molecule has 4 aromatic rings. The highest BCUT2D eigenvalue weighted by atomic mass is 127. The van der Waals surface area contributed by atoms with Gasteiger partial charge in [0.1, 0.15) is 11.2 Å². The fraction of sp³-hybridized carbons (Fsp3) is 0.217. The Balaban J connectivity index is 1.89. The summed E-state index contributed by atoms with van der Waals surface area (Å²) in [5.41, 5.74) is 7.15. The van der Waals surface area contributed by atoms with Gasteiger partial charge in [0.05, 0.1) is 0 Å². The molecule has 132 valence electrons. The lowest BCUT2D eigenvalue weighted by Crippen LogP contribution is -2.18. The number of hydrogen-bond donors (Lipinski definition) is 0. The van der Waals surface area contributed by atoms with Crippen molar-refractivity contribution in [2.75, 3.05) is 11.9 Å². The third-order valence-electron chi connectivity index (χ3n) is 5.04. The molecule has 0 saturated carbocycles. The molecule has 0 aliphatic carbocycles. The number of aryl methyl sites for hydroxylation is 1. The number of anilines is 1. The summed E-state index contributed by atoms with van der Waals surface area (Å²) in [5.74, 6) is 0. The molecule has 0 bridgehead atoms. The monoisotopic (exact) mass is 455 g/mol. The van der Waals surface area contributed by atoms with E-state index in [-0.39, 0.29) is 0 Å². The van der Waals surface area contributed by atoms with Crippen LogP contribution < -0.4 is 4.90 Å². The summed E-state index contributed by atoms with van der Waals surface area (Å²) in [6.07, 6.45) is 0. The number of nitrogens with zero attached hydrogens (tertiary/aromatic N) is 1. The Kier molecular flexibility index (Phi) is 4.65. The van der Waals surface area contributed by atoms with E-state index in [0.29, 0.717) is 3.92 Å². The fourth-order valence-electron chi connectivity index (χ4n) is 3.71. The zero-order chi connectivity index (χ0) is 18.3. The van der Waals surface area contributed by atoms with Gasteiger partial charge in [0.2, 0.25) is 0 Å². The summed E-state index contributed by atoms with van der Waals surface area (Å²) in [5, 5.41) is 2.39. The van der Waals surface area contributed by atoms with Crippen molar-refractivity contribution < 1.29 is 4.42 Å². The van der Waals surface area contributed by atoms with E-state index in [9.17, 15) is 0 Å². The van der Waals surface area contributed by atoms with E-state index in [4.69, 9.17) is 4.42 Å². The van der Waals surface area contributed by atoms with Gasteiger partial charge in [-0.1, -0.05) is 71.1 Å². The third kappa shape index (κ3) is 2.98. The van der Waals surface area contributed by atoms with Gasteiger partial charge in [0, 0.05) is 39.5 Å². The van der Waals surface area contributed by atoms with Crippen LogP contribution in [0.1, 0.15) is 27.5 Å². The first-order chi connectivity index (χ1) is 12.6. The van der Waals surface area contributed by atoms with E-state index in [1.165, 1.54) is 33.2 Å². The fourth-order valence-corrected chi connectivity index (χ4v) is 4.29. The first-order valence-electron chi connectivity index (χ1n) is 8.90. The van der Waals surface area contributed by atoms with Crippen molar-refractivity contribution in [3.8, 4) is 0 Å². The molecular formula is C23H22INO. The van der Waals surface area contributed by atoms with Gasteiger partial charge in [-0.2, -0.15) is 0 Å². The molecule has 3 heteroatoms. The second kappa shape index (κ2) is 6.95. The molecule has 0 aliphatic rings. The average molecular weight is 455 g/mol. The number of alkyl halides is 1. The molecular weight excluding hydrogens is 433 g/mol. The lowest BCUT2D eigenvalue weighted by molar-refractivity contribution is 0.660. The molecule has 0 unspecified atom stereocenters. The van der Waals surface area contributed by atoms with Crippen molar-refractivity contribution in [3.05, 3.63) is 77.4 Å². The number of para-hydroxylation sites is 2. The number of halogens is 1. The number of fused-ring (bicyclic) bond motifs is 3. The van der Waals surface area contributed by atoms with E-state index in [1.807, 2.05) is 6.07 Å².